The van der Waals surface area contributed by atoms with Crippen molar-refractivity contribution in [3.8, 4) is 5.75 Å². The van der Waals surface area contributed by atoms with Crippen LogP contribution in [0.5, 0.6) is 5.75 Å². The van der Waals surface area contributed by atoms with E-state index in [2.05, 4.69) is 15.9 Å². The minimum atomic E-state index is -3.91. The second kappa shape index (κ2) is 7.78. The molecule has 24 heavy (non-hydrogen) atoms. The predicted octanol–water partition coefficient (Wildman–Crippen LogP) is 2.85. The van der Waals surface area contributed by atoms with E-state index in [0.29, 0.717) is 22.4 Å². The topological polar surface area (TPSA) is 95.7 Å². The molecule has 0 amide bonds. The fourth-order valence-corrected chi connectivity index (χ4v) is 2.93. The first-order chi connectivity index (χ1) is 11.3. The minimum absolute atomic E-state index is 0.00104. The van der Waals surface area contributed by atoms with Gasteiger partial charge in [0.15, 0.2) is 0 Å². The van der Waals surface area contributed by atoms with Crippen LogP contribution in [0.1, 0.15) is 22.8 Å². The maximum Gasteiger partial charge on any atom is 0.339 e. The molecule has 0 bridgehead atoms. The molecule has 2 rings (SSSR count). The van der Waals surface area contributed by atoms with Gasteiger partial charge in [0.1, 0.15) is 12.4 Å². The van der Waals surface area contributed by atoms with Gasteiger partial charge in [-0.3, -0.25) is 0 Å². The molecule has 0 saturated carbocycles. The number of hydrogen-bond acceptors (Lipinski definition) is 5. The van der Waals surface area contributed by atoms with E-state index in [4.69, 9.17) is 14.6 Å². The van der Waals surface area contributed by atoms with Crippen molar-refractivity contribution in [3.05, 3.63) is 58.1 Å². The van der Waals surface area contributed by atoms with Crippen LogP contribution >= 0.6 is 15.9 Å². The Morgan fingerprint density at radius 1 is 1.21 bits per heavy atom. The molecular formula is C16H16BrNO5S. The molecule has 128 valence electrons. The monoisotopic (exact) mass is 413 g/mol. The van der Waals surface area contributed by atoms with Gasteiger partial charge in [0.05, 0.1) is 17.1 Å². The van der Waals surface area contributed by atoms with Crippen molar-refractivity contribution in [2.24, 2.45) is 5.14 Å². The number of halogens is 1. The van der Waals surface area contributed by atoms with Crippen molar-refractivity contribution in [2.75, 3.05) is 6.61 Å². The molecule has 0 radical (unpaired) electrons. The average Bonchev–Trinajstić information content (AvgIpc) is 2.53. The second-order valence-electron chi connectivity index (χ2n) is 4.80. The number of nitrogens with two attached hydrogens (primary N) is 1. The van der Waals surface area contributed by atoms with Crippen molar-refractivity contribution in [1.29, 1.82) is 0 Å². The average molecular weight is 414 g/mol. The minimum Gasteiger partial charge on any atom is -0.493 e. The van der Waals surface area contributed by atoms with Crippen LogP contribution in [0.25, 0.3) is 0 Å². The van der Waals surface area contributed by atoms with E-state index in [1.54, 1.807) is 12.1 Å². The Kier molecular flexibility index (Phi) is 5.98. The second-order valence-corrected chi connectivity index (χ2v) is 7.22. The molecule has 0 unspecified atom stereocenters. The van der Waals surface area contributed by atoms with Gasteiger partial charge in [0.25, 0.3) is 0 Å². The molecule has 0 spiro atoms. The third kappa shape index (κ3) is 4.56. The molecule has 0 aliphatic rings. The number of carbonyl (C=O) groups is 1. The van der Waals surface area contributed by atoms with Gasteiger partial charge in [-0.05, 0) is 47.1 Å². The molecule has 0 atom stereocenters. The number of primary sulfonamides is 1. The maximum atomic E-state index is 12.3. The Hall–Kier alpha value is -1.90. The van der Waals surface area contributed by atoms with E-state index in [9.17, 15) is 13.2 Å². The first kappa shape index (κ1) is 18.4. The van der Waals surface area contributed by atoms with Gasteiger partial charge in [-0.15, -0.1) is 0 Å². The quantitative estimate of drug-likeness (QED) is 0.734. The fraction of sp³-hybridized carbons (Fsp3) is 0.188. The zero-order chi connectivity index (χ0) is 17.7. The van der Waals surface area contributed by atoms with E-state index < -0.39 is 16.0 Å². The number of esters is 1. The zero-order valence-electron chi connectivity index (χ0n) is 12.9. The lowest BCUT2D eigenvalue weighted by atomic mass is 10.2. The van der Waals surface area contributed by atoms with E-state index in [1.165, 1.54) is 18.2 Å². The van der Waals surface area contributed by atoms with Gasteiger partial charge < -0.3 is 9.47 Å². The number of hydrogen-bond donors (Lipinski definition) is 1. The third-order valence-electron chi connectivity index (χ3n) is 3.12. The van der Waals surface area contributed by atoms with Crippen molar-refractivity contribution in [3.63, 3.8) is 0 Å². The lowest BCUT2D eigenvalue weighted by Crippen LogP contribution is -2.14. The molecule has 0 heterocycles. The number of sulfonamides is 1. The van der Waals surface area contributed by atoms with Crippen molar-refractivity contribution in [1.82, 2.24) is 0 Å². The smallest absolute Gasteiger partial charge is 0.339 e. The third-order valence-corrected chi connectivity index (χ3v) is 4.72. The lowest BCUT2D eigenvalue weighted by molar-refractivity contribution is 0.0468. The Bertz CT molecular complexity index is 851. The molecule has 2 aromatic rings. The van der Waals surface area contributed by atoms with Gasteiger partial charge in [-0.2, -0.15) is 0 Å². The molecule has 8 heteroatoms. The van der Waals surface area contributed by atoms with Gasteiger partial charge in [0, 0.05) is 10.0 Å². The number of benzene rings is 2. The SMILES string of the molecule is CCOc1ccccc1COC(=O)c1cc(S(N)(=O)=O)ccc1Br. The van der Waals surface area contributed by atoms with Gasteiger partial charge in [-0.25, -0.2) is 18.4 Å². The number of para-hydroxylation sites is 1. The molecule has 0 fully saturated rings. The molecule has 0 aliphatic carbocycles. The van der Waals surface area contributed by atoms with E-state index in [1.807, 2.05) is 19.1 Å². The molecular weight excluding hydrogens is 398 g/mol. The Labute approximate surface area is 148 Å². The number of carbonyl (C=O) groups excluding carboxylic acids is 1. The Balaban J connectivity index is 2.19. The van der Waals surface area contributed by atoms with Crippen LogP contribution < -0.4 is 9.88 Å². The molecule has 2 N–H and O–H groups in total. The maximum absolute atomic E-state index is 12.3. The highest BCUT2D eigenvalue weighted by atomic mass is 79.9. The van der Waals surface area contributed by atoms with Gasteiger partial charge in [0.2, 0.25) is 10.0 Å². The summed E-state index contributed by atoms with van der Waals surface area (Å²) in [6, 6.07) is 11.1. The summed E-state index contributed by atoms with van der Waals surface area (Å²) in [5.41, 5.74) is 0.793. The first-order valence-electron chi connectivity index (χ1n) is 7.03. The van der Waals surface area contributed by atoms with Crippen molar-refractivity contribution >= 4 is 31.9 Å². The Morgan fingerprint density at radius 3 is 2.58 bits per heavy atom. The summed E-state index contributed by atoms with van der Waals surface area (Å²) in [4.78, 5) is 12.1. The largest absolute Gasteiger partial charge is 0.493 e. The fourth-order valence-electron chi connectivity index (χ4n) is 1.98. The van der Waals surface area contributed by atoms with Crippen LogP contribution in [-0.2, 0) is 21.4 Å². The normalized spacial score (nSPS) is 11.1. The first-order valence-corrected chi connectivity index (χ1v) is 9.37. The highest BCUT2D eigenvalue weighted by Gasteiger charge is 2.17. The van der Waals surface area contributed by atoms with Crippen LogP contribution in [0.2, 0.25) is 0 Å². The molecule has 2 aromatic carbocycles. The lowest BCUT2D eigenvalue weighted by Gasteiger charge is -2.11. The van der Waals surface area contributed by atoms with Crippen molar-refractivity contribution in [2.45, 2.75) is 18.4 Å². The van der Waals surface area contributed by atoms with Crippen LogP contribution in [-0.4, -0.2) is 21.0 Å². The molecule has 6 nitrogen and oxygen atoms in total. The number of rotatable bonds is 6. The Morgan fingerprint density at radius 2 is 1.92 bits per heavy atom. The van der Waals surface area contributed by atoms with E-state index >= 15 is 0 Å². The van der Waals surface area contributed by atoms with Crippen LogP contribution in [0.15, 0.2) is 51.8 Å². The van der Waals surface area contributed by atoms with Gasteiger partial charge >= 0.3 is 5.97 Å². The summed E-state index contributed by atoms with van der Waals surface area (Å²) in [6.07, 6.45) is 0. The number of ether oxygens (including phenoxy) is 2. The molecule has 0 saturated heterocycles. The summed E-state index contributed by atoms with van der Waals surface area (Å²) in [7, 11) is -3.91. The molecule has 0 aromatic heterocycles. The summed E-state index contributed by atoms with van der Waals surface area (Å²) in [6.45, 7) is 2.35. The molecule has 0 aliphatic heterocycles. The van der Waals surface area contributed by atoms with Gasteiger partial charge in [-0.1, -0.05) is 18.2 Å². The van der Waals surface area contributed by atoms with E-state index in [0.717, 1.165) is 0 Å². The van der Waals surface area contributed by atoms with Crippen molar-refractivity contribution < 1.29 is 22.7 Å². The van der Waals surface area contributed by atoms with E-state index in [-0.39, 0.29) is 17.1 Å². The summed E-state index contributed by atoms with van der Waals surface area (Å²) < 4.78 is 34.0. The van der Waals surface area contributed by atoms with Crippen LogP contribution in [0.4, 0.5) is 0 Å². The summed E-state index contributed by atoms with van der Waals surface area (Å²) >= 11 is 3.20. The zero-order valence-corrected chi connectivity index (χ0v) is 15.3. The highest BCUT2D eigenvalue weighted by Crippen LogP contribution is 2.23. The summed E-state index contributed by atoms with van der Waals surface area (Å²) in [5, 5.41) is 5.08. The highest BCUT2D eigenvalue weighted by molar-refractivity contribution is 9.10. The van der Waals surface area contributed by atoms with Crippen LogP contribution in [0, 0.1) is 0 Å². The standard InChI is InChI=1S/C16H16BrNO5S/c1-2-22-15-6-4-3-5-11(15)10-23-16(19)13-9-12(24(18,20)21)7-8-14(13)17/h3-9H,2,10H2,1H3,(H2,18,20,21). The summed E-state index contributed by atoms with van der Waals surface area (Å²) in [5.74, 6) is -0.0381. The van der Waals surface area contributed by atoms with Crippen LogP contribution in [0.3, 0.4) is 0 Å². The predicted molar refractivity (Wildman–Crippen MR) is 92.2 cm³/mol.